The zero-order chi connectivity index (χ0) is 18.3. The molecule has 26 heavy (non-hydrogen) atoms. The molecule has 0 bridgehead atoms. The summed E-state index contributed by atoms with van der Waals surface area (Å²) in [5, 5.41) is 11.6. The molecule has 1 aliphatic carbocycles. The molecule has 0 saturated heterocycles. The maximum atomic E-state index is 13.3. The van der Waals surface area contributed by atoms with Crippen molar-refractivity contribution in [2.75, 3.05) is 11.4 Å². The maximum absolute atomic E-state index is 13.3. The van der Waals surface area contributed by atoms with E-state index >= 15 is 0 Å². The molecule has 0 fully saturated rings. The van der Waals surface area contributed by atoms with Gasteiger partial charge in [0.1, 0.15) is 0 Å². The molecule has 1 amide bonds. The predicted molar refractivity (Wildman–Crippen MR) is 100 cm³/mol. The highest BCUT2D eigenvalue weighted by Gasteiger charge is 2.57. The number of hydrogen-bond acceptors (Lipinski definition) is 3. The van der Waals surface area contributed by atoms with Crippen LogP contribution in [0.25, 0.3) is 0 Å². The van der Waals surface area contributed by atoms with E-state index in [1.165, 1.54) is 0 Å². The summed E-state index contributed by atoms with van der Waals surface area (Å²) in [6.45, 7) is 2.63. The van der Waals surface area contributed by atoms with E-state index in [4.69, 9.17) is 0 Å². The largest absolute Gasteiger partial charge is 0.375 e. The van der Waals surface area contributed by atoms with E-state index in [1.54, 1.807) is 17.0 Å². The fraction of sp³-hybridized carbons (Fsp3) is 0.364. The number of aryl methyl sites for hydroxylation is 1. The van der Waals surface area contributed by atoms with Gasteiger partial charge in [-0.3, -0.25) is 9.59 Å². The van der Waals surface area contributed by atoms with Crippen molar-refractivity contribution >= 4 is 17.4 Å². The van der Waals surface area contributed by atoms with Crippen molar-refractivity contribution in [3.63, 3.8) is 0 Å². The van der Waals surface area contributed by atoms with Crippen molar-refractivity contribution in [1.82, 2.24) is 0 Å². The Hall–Kier alpha value is -2.46. The summed E-state index contributed by atoms with van der Waals surface area (Å²) in [6.07, 6.45) is 2.99. The number of amides is 1. The van der Waals surface area contributed by atoms with Gasteiger partial charge in [-0.05, 0) is 30.9 Å². The van der Waals surface area contributed by atoms with Crippen LogP contribution in [0, 0.1) is 5.92 Å². The Labute approximate surface area is 153 Å². The predicted octanol–water partition coefficient (Wildman–Crippen LogP) is 3.47. The van der Waals surface area contributed by atoms with Crippen molar-refractivity contribution < 1.29 is 14.7 Å². The fourth-order valence-corrected chi connectivity index (χ4v) is 4.33. The lowest BCUT2D eigenvalue weighted by atomic mass is 9.71. The number of para-hydroxylation sites is 1. The van der Waals surface area contributed by atoms with Crippen LogP contribution >= 0.6 is 0 Å². The van der Waals surface area contributed by atoms with E-state index in [1.807, 2.05) is 36.4 Å². The third kappa shape index (κ3) is 2.32. The first-order valence-electron chi connectivity index (χ1n) is 9.35. The van der Waals surface area contributed by atoms with E-state index in [0.29, 0.717) is 30.5 Å². The van der Waals surface area contributed by atoms with E-state index in [0.717, 1.165) is 24.1 Å². The van der Waals surface area contributed by atoms with Crippen LogP contribution in [0.4, 0.5) is 5.69 Å². The molecule has 1 heterocycles. The number of fused-ring (bicyclic) bond motifs is 2. The third-order valence-corrected chi connectivity index (χ3v) is 5.72. The van der Waals surface area contributed by atoms with E-state index < -0.39 is 11.5 Å². The second-order valence-corrected chi connectivity index (χ2v) is 7.21. The number of Topliss-reactive ketones (excluding diaryl/α,β-unsaturated/α-hetero) is 1. The molecule has 0 saturated carbocycles. The highest BCUT2D eigenvalue weighted by molar-refractivity contribution is 6.12. The number of rotatable bonds is 4. The summed E-state index contributed by atoms with van der Waals surface area (Å²) < 4.78 is 0. The first kappa shape index (κ1) is 17.0. The number of aliphatic hydroxyl groups is 1. The van der Waals surface area contributed by atoms with Crippen LogP contribution in [-0.2, 0) is 16.8 Å². The van der Waals surface area contributed by atoms with Crippen LogP contribution in [0.15, 0.2) is 48.5 Å². The van der Waals surface area contributed by atoms with Gasteiger partial charge in [0.05, 0.1) is 11.6 Å². The van der Waals surface area contributed by atoms with Crippen molar-refractivity contribution in [1.29, 1.82) is 0 Å². The normalized spacial score (nSPS) is 24.5. The van der Waals surface area contributed by atoms with Crippen LogP contribution in [0.3, 0.4) is 0 Å². The lowest BCUT2D eigenvalue weighted by Crippen LogP contribution is -2.49. The summed E-state index contributed by atoms with van der Waals surface area (Å²) in [6, 6.07) is 14.8. The second kappa shape index (κ2) is 6.36. The van der Waals surface area contributed by atoms with Gasteiger partial charge in [0.25, 0.3) is 5.91 Å². The summed E-state index contributed by atoms with van der Waals surface area (Å²) >= 11 is 0. The molecule has 0 spiro atoms. The minimum Gasteiger partial charge on any atom is -0.375 e. The third-order valence-electron chi connectivity index (χ3n) is 5.72. The van der Waals surface area contributed by atoms with Crippen molar-refractivity contribution in [3.8, 4) is 0 Å². The molecule has 2 aromatic carbocycles. The second-order valence-electron chi connectivity index (χ2n) is 7.21. The molecule has 0 unspecified atom stereocenters. The number of hydrogen-bond donors (Lipinski definition) is 1. The maximum Gasteiger partial charge on any atom is 0.264 e. The van der Waals surface area contributed by atoms with Gasteiger partial charge < -0.3 is 10.0 Å². The molecule has 4 nitrogen and oxygen atoms in total. The van der Waals surface area contributed by atoms with E-state index in [9.17, 15) is 14.7 Å². The molecule has 2 aromatic rings. The highest BCUT2D eigenvalue weighted by atomic mass is 16.3. The Morgan fingerprint density at radius 3 is 2.65 bits per heavy atom. The van der Waals surface area contributed by atoms with Crippen molar-refractivity contribution in [3.05, 3.63) is 65.2 Å². The van der Waals surface area contributed by atoms with Gasteiger partial charge in [-0.25, -0.2) is 0 Å². The van der Waals surface area contributed by atoms with Crippen LogP contribution in [0.1, 0.15) is 47.7 Å². The van der Waals surface area contributed by atoms with E-state index in [2.05, 4.69) is 6.92 Å². The zero-order valence-corrected chi connectivity index (χ0v) is 14.9. The molecule has 4 rings (SSSR count). The number of carbonyl (C=O) groups excluding carboxylic acids is 2. The Morgan fingerprint density at radius 1 is 1.12 bits per heavy atom. The fourth-order valence-electron chi connectivity index (χ4n) is 4.33. The molecule has 1 N–H and O–H groups in total. The quantitative estimate of drug-likeness (QED) is 0.919. The van der Waals surface area contributed by atoms with Crippen LogP contribution in [0.5, 0.6) is 0 Å². The van der Waals surface area contributed by atoms with Gasteiger partial charge >= 0.3 is 0 Å². The number of anilines is 1. The van der Waals surface area contributed by atoms with Gasteiger partial charge in [-0.1, -0.05) is 55.8 Å². The minimum absolute atomic E-state index is 0.130. The number of benzene rings is 2. The molecular weight excluding hydrogens is 326 g/mol. The molecule has 1 aliphatic heterocycles. The first-order chi connectivity index (χ1) is 12.6. The standard InChI is InChI=1S/C22H23NO3/c1-2-3-14-23-19-11-7-6-10-17(19)22(26,21(23)25)18-13-12-15-8-4-5-9-16(15)20(18)24/h4-11,18,26H,2-3,12-14H2,1H3/t18-,22+/m1/s1. The molecule has 2 atom stereocenters. The van der Waals surface area contributed by atoms with Crippen molar-refractivity contribution in [2.24, 2.45) is 5.92 Å². The average Bonchev–Trinajstić information content (AvgIpc) is 2.89. The number of unbranched alkanes of at least 4 members (excludes halogenated alkanes) is 1. The SMILES string of the molecule is CCCCN1C(=O)[C@@](O)([C@@H]2CCc3ccccc3C2=O)c2ccccc21. The van der Waals surface area contributed by atoms with Crippen LogP contribution in [-0.4, -0.2) is 23.3 Å². The lowest BCUT2D eigenvalue weighted by Gasteiger charge is -2.34. The van der Waals surface area contributed by atoms with Gasteiger partial charge in [-0.2, -0.15) is 0 Å². The molecule has 134 valence electrons. The lowest BCUT2D eigenvalue weighted by molar-refractivity contribution is -0.140. The van der Waals surface area contributed by atoms with Gasteiger partial charge in [-0.15, -0.1) is 0 Å². The topological polar surface area (TPSA) is 57.6 Å². The monoisotopic (exact) mass is 349 g/mol. The summed E-state index contributed by atoms with van der Waals surface area (Å²) in [4.78, 5) is 28.1. The molecular formula is C22H23NO3. The average molecular weight is 349 g/mol. The Morgan fingerprint density at radius 2 is 1.85 bits per heavy atom. The molecule has 0 radical (unpaired) electrons. The summed E-state index contributed by atoms with van der Waals surface area (Å²) in [5.41, 5.74) is 1.17. The number of nitrogens with zero attached hydrogens (tertiary/aromatic N) is 1. The van der Waals surface area contributed by atoms with Gasteiger partial charge in [0.2, 0.25) is 0 Å². The Kier molecular flexibility index (Phi) is 4.16. The van der Waals surface area contributed by atoms with Crippen LogP contribution < -0.4 is 4.90 Å². The summed E-state index contributed by atoms with van der Waals surface area (Å²) in [7, 11) is 0. The number of carbonyl (C=O) groups is 2. The van der Waals surface area contributed by atoms with Gasteiger partial charge in [0.15, 0.2) is 11.4 Å². The molecule has 2 aliphatic rings. The first-order valence-corrected chi connectivity index (χ1v) is 9.35. The molecule has 4 heteroatoms. The van der Waals surface area contributed by atoms with E-state index in [-0.39, 0.29) is 11.7 Å². The number of ketones is 1. The van der Waals surface area contributed by atoms with Crippen LogP contribution in [0.2, 0.25) is 0 Å². The Bertz CT molecular complexity index is 875. The van der Waals surface area contributed by atoms with Gasteiger partial charge in [0, 0.05) is 17.7 Å². The minimum atomic E-state index is -1.77. The summed E-state index contributed by atoms with van der Waals surface area (Å²) in [5.74, 6) is -1.22. The molecule has 0 aromatic heterocycles. The Balaban J connectivity index is 1.78. The zero-order valence-electron chi connectivity index (χ0n) is 14.9. The highest BCUT2D eigenvalue weighted by Crippen LogP contribution is 2.48. The smallest absolute Gasteiger partial charge is 0.264 e. The van der Waals surface area contributed by atoms with Crippen molar-refractivity contribution in [2.45, 2.75) is 38.2 Å².